The van der Waals surface area contributed by atoms with Gasteiger partial charge in [0.2, 0.25) is 10.0 Å². The lowest BCUT2D eigenvalue weighted by Gasteiger charge is -2.10. The van der Waals surface area contributed by atoms with Crippen LogP contribution in [0.15, 0.2) is 29.2 Å². The molecule has 0 unspecified atom stereocenters. The van der Waals surface area contributed by atoms with Crippen molar-refractivity contribution in [2.75, 3.05) is 18.9 Å². The molecule has 19 heavy (non-hydrogen) atoms. The molecule has 0 aromatic heterocycles. The summed E-state index contributed by atoms with van der Waals surface area (Å²) in [6.45, 7) is 0.542. The van der Waals surface area contributed by atoms with Crippen LogP contribution in [0.2, 0.25) is 0 Å². The zero-order chi connectivity index (χ0) is 13.7. The van der Waals surface area contributed by atoms with Gasteiger partial charge in [0.25, 0.3) is 0 Å². The number of hydrogen-bond acceptors (Lipinski definition) is 3. The summed E-state index contributed by atoms with van der Waals surface area (Å²) >= 11 is 0. The van der Waals surface area contributed by atoms with Crippen LogP contribution in [0, 0.1) is 5.92 Å². The molecule has 106 valence electrons. The first kappa shape index (κ1) is 14.3. The Morgan fingerprint density at radius 3 is 2.37 bits per heavy atom. The minimum absolute atomic E-state index is 0.331. The van der Waals surface area contributed by atoms with E-state index in [0.717, 1.165) is 12.1 Å². The van der Waals surface area contributed by atoms with Crippen LogP contribution in [0.4, 0.5) is 5.69 Å². The molecule has 1 aromatic carbocycles. The molecule has 2 N–H and O–H groups in total. The molecule has 0 spiro atoms. The van der Waals surface area contributed by atoms with Crippen LogP contribution in [0.3, 0.4) is 0 Å². The highest BCUT2D eigenvalue weighted by atomic mass is 32.2. The van der Waals surface area contributed by atoms with Gasteiger partial charge in [-0.05, 0) is 36.6 Å². The van der Waals surface area contributed by atoms with Crippen LogP contribution in [-0.4, -0.2) is 22.0 Å². The van der Waals surface area contributed by atoms with Crippen LogP contribution in [0.25, 0.3) is 0 Å². The number of benzene rings is 1. The minimum atomic E-state index is -3.35. The van der Waals surface area contributed by atoms with Crippen LogP contribution in [0.1, 0.15) is 32.1 Å². The lowest BCUT2D eigenvalue weighted by Crippen LogP contribution is -2.25. The van der Waals surface area contributed by atoms with Crippen molar-refractivity contribution in [1.29, 1.82) is 0 Å². The zero-order valence-corrected chi connectivity index (χ0v) is 12.2. The summed E-state index contributed by atoms with van der Waals surface area (Å²) < 4.78 is 26.8. The van der Waals surface area contributed by atoms with E-state index in [9.17, 15) is 8.42 Å². The fourth-order valence-corrected chi connectivity index (χ4v) is 3.63. The van der Waals surface area contributed by atoms with Crippen LogP contribution in [-0.2, 0) is 10.0 Å². The normalized spacial score (nSPS) is 16.7. The standard InChI is InChI=1S/C14H22N2O2S/c1-15-13-6-8-14(9-7-13)19(17,18)16-11-10-12-4-2-3-5-12/h6-9,12,15-16H,2-5,10-11H2,1H3. The van der Waals surface area contributed by atoms with Crippen molar-refractivity contribution in [3.05, 3.63) is 24.3 Å². The van der Waals surface area contributed by atoms with E-state index in [1.165, 1.54) is 25.7 Å². The maximum absolute atomic E-state index is 12.1. The monoisotopic (exact) mass is 282 g/mol. The summed E-state index contributed by atoms with van der Waals surface area (Å²) in [5.41, 5.74) is 0.907. The molecule has 1 aliphatic carbocycles. The van der Waals surface area contributed by atoms with E-state index in [1.54, 1.807) is 24.3 Å². The van der Waals surface area contributed by atoms with Crippen LogP contribution < -0.4 is 10.0 Å². The predicted molar refractivity (Wildman–Crippen MR) is 77.8 cm³/mol. The van der Waals surface area contributed by atoms with Gasteiger partial charge in [-0.25, -0.2) is 13.1 Å². The molecule has 0 aliphatic heterocycles. The Balaban J connectivity index is 1.89. The van der Waals surface area contributed by atoms with Crippen molar-refractivity contribution in [3.8, 4) is 0 Å². The van der Waals surface area contributed by atoms with E-state index < -0.39 is 10.0 Å². The minimum Gasteiger partial charge on any atom is -0.388 e. The molecule has 0 atom stereocenters. The smallest absolute Gasteiger partial charge is 0.240 e. The molecule has 1 saturated carbocycles. The van der Waals surface area contributed by atoms with E-state index in [1.807, 2.05) is 7.05 Å². The Kier molecular flexibility index (Phi) is 4.82. The molecule has 0 amide bonds. The number of anilines is 1. The van der Waals surface area contributed by atoms with Gasteiger partial charge in [0.05, 0.1) is 4.90 Å². The van der Waals surface area contributed by atoms with Crippen LogP contribution >= 0.6 is 0 Å². The Morgan fingerprint density at radius 1 is 1.16 bits per heavy atom. The molecule has 5 heteroatoms. The van der Waals surface area contributed by atoms with E-state index in [4.69, 9.17) is 0 Å². The summed E-state index contributed by atoms with van der Waals surface area (Å²) in [5, 5.41) is 2.97. The number of hydrogen-bond donors (Lipinski definition) is 2. The van der Waals surface area contributed by atoms with Gasteiger partial charge < -0.3 is 5.32 Å². The Bertz CT molecular complexity index is 491. The third-order valence-corrected chi connectivity index (χ3v) is 5.25. The van der Waals surface area contributed by atoms with Crippen molar-refractivity contribution >= 4 is 15.7 Å². The van der Waals surface area contributed by atoms with Crippen molar-refractivity contribution in [2.45, 2.75) is 37.0 Å². The highest BCUT2D eigenvalue weighted by Crippen LogP contribution is 2.27. The summed E-state index contributed by atoms with van der Waals surface area (Å²) in [7, 11) is -1.55. The average Bonchev–Trinajstić information content (AvgIpc) is 2.92. The van der Waals surface area contributed by atoms with Gasteiger partial charge in [-0.2, -0.15) is 0 Å². The largest absolute Gasteiger partial charge is 0.388 e. The molecular formula is C14H22N2O2S. The average molecular weight is 282 g/mol. The maximum Gasteiger partial charge on any atom is 0.240 e. The second kappa shape index (κ2) is 6.39. The first-order chi connectivity index (χ1) is 9.12. The third kappa shape index (κ3) is 3.94. The van der Waals surface area contributed by atoms with Crippen molar-refractivity contribution in [2.24, 2.45) is 5.92 Å². The Labute approximate surface area is 115 Å². The number of rotatable bonds is 6. The lowest BCUT2D eigenvalue weighted by atomic mass is 10.1. The fourth-order valence-electron chi connectivity index (χ4n) is 2.58. The predicted octanol–water partition coefficient (Wildman–Crippen LogP) is 2.59. The topological polar surface area (TPSA) is 58.2 Å². The van der Waals surface area contributed by atoms with Gasteiger partial charge >= 0.3 is 0 Å². The second-order valence-electron chi connectivity index (χ2n) is 5.11. The number of nitrogens with one attached hydrogen (secondary N) is 2. The SMILES string of the molecule is CNc1ccc(S(=O)(=O)NCCC2CCCC2)cc1. The fraction of sp³-hybridized carbons (Fsp3) is 0.571. The molecule has 1 aliphatic rings. The molecular weight excluding hydrogens is 260 g/mol. The summed E-state index contributed by atoms with van der Waals surface area (Å²) in [4.78, 5) is 0.331. The highest BCUT2D eigenvalue weighted by Gasteiger charge is 2.17. The molecule has 2 rings (SSSR count). The van der Waals surface area contributed by atoms with Gasteiger partial charge in [0.15, 0.2) is 0 Å². The third-order valence-electron chi connectivity index (χ3n) is 3.77. The van der Waals surface area contributed by atoms with Gasteiger partial charge in [0, 0.05) is 19.3 Å². The summed E-state index contributed by atoms with van der Waals surface area (Å²) in [6.07, 6.45) is 6.04. The van der Waals surface area contributed by atoms with Crippen molar-refractivity contribution in [1.82, 2.24) is 4.72 Å². The number of sulfonamides is 1. The Morgan fingerprint density at radius 2 is 1.79 bits per heavy atom. The highest BCUT2D eigenvalue weighted by molar-refractivity contribution is 7.89. The molecule has 0 radical (unpaired) electrons. The van der Waals surface area contributed by atoms with Gasteiger partial charge in [-0.3, -0.25) is 0 Å². The van der Waals surface area contributed by atoms with Gasteiger partial charge in [0.1, 0.15) is 0 Å². The van der Waals surface area contributed by atoms with E-state index >= 15 is 0 Å². The molecule has 0 bridgehead atoms. The van der Waals surface area contributed by atoms with Gasteiger partial charge in [-0.1, -0.05) is 25.7 Å². The van der Waals surface area contributed by atoms with Gasteiger partial charge in [-0.15, -0.1) is 0 Å². The first-order valence-corrected chi connectivity index (χ1v) is 8.37. The molecule has 1 fully saturated rings. The van der Waals surface area contributed by atoms with E-state index in [0.29, 0.717) is 17.4 Å². The van der Waals surface area contributed by atoms with Crippen molar-refractivity contribution < 1.29 is 8.42 Å². The molecule has 0 saturated heterocycles. The van der Waals surface area contributed by atoms with E-state index in [2.05, 4.69) is 10.0 Å². The quantitative estimate of drug-likeness (QED) is 0.843. The molecule has 4 nitrogen and oxygen atoms in total. The second-order valence-corrected chi connectivity index (χ2v) is 6.88. The Hall–Kier alpha value is -1.07. The first-order valence-electron chi connectivity index (χ1n) is 6.89. The van der Waals surface area contributed by atoms with Crippen molar-refractivity contribution in [3.63, 3.8) is 0 Å². The van der Waals surface area contributed by atoms with Crippen LogP contribution in [0.5, 0.6) is 0 Å². The zero-order valence-electron chi connectivity index (χ0n) is 11.4. The lowest BCUT2D eigenvalue weighted by molar-refractivity contribution is 0.495. The molecule has 1 aromatic rings. The summed E-state index contributed by atoms with van der Waals surface area (Å²) in [5.74, 6) is 0.703. The summed E-state index contributed by atoms with van der Waals surface area (Å²) in [6, 6.07) is 6.80. The molecule has 0 heterocycles. The maximum atomic E-state index is 12.1. The van der Waals surface area contributed by atoms with E-state index in [-0.39, 0.29) is 0 Å².